The van der Waals surface area contributed by atoms with Gasteiger partial charge >= 0.3 is 0 Å². The molecule has 2 rings (SSSR count). The molecule has 2 N–H and O–H groups in total. The SMILES string of the molecule is CC(C)(C)n1cc(CCN)c2cccnc21. The molecule has 2 aromatic rings. The Bertz CT molecular complexity index is 491. The fourth-order valence-electron chi connectivity index (χ4n) is 1.99. The highest BCUT2D eigenvalue weighted by Gasteiger charge is 2.18. The highest BCUT2D eigenvalue weighted by molar-refractivity contribution is 5.80. The molecule has 0 saturated heterocycles. The summed E-state index contributed by atoms with van der Waals surface area (Å²) in [5, 5.41) is 1.22. The molecule has 0 fully saturated rings. The number of pyridine rings is 1. The third-order valence-corrected chi connectivity index (χ3v) is 2.78. The molecule has 0 atom stereocenters. The van der Waals surface area contributed by atoms with Crippen LogP contribution in [0.25, 0.3) is 11.0 Å². The minimum Gasteiger partial charge on any atom is -0.330 e. The zero-order valence-electron chi connectivity index (χ0n) is 10.2. The van der Waals surface area contributed by atoms with Crippen molar-refractivity contribution in [2.24, 2.45) is 5.73 Å². The summed E-state index contributed by atoms with van der Waals surface area (Å²) in [5.74, 6) is 0. The predicted molar refractivity (Wildman–Crippen MR) is 67.5 cm³/mol. The van der Waals surface area contributed by atoms with Crippen molar-refractivity contribution in [1.82, 2.24) is 9.55 Å². The first kappa shape index (κ1) is 11.1. The fraction of sp³-hybridized carbons (Fsp3) is 0.462. The Hall–Kier alpha value is -1.35. The average molecular weight is 217 g/mol. The zero-order chi connectivity index (χ0) is 11.8. The maximum Gasteiger partial charge on any atom is 0.140 e. The molecule has 0 aliphatic carbocycles. The van der Waals surface area contributed by atoms with E-state index in [4.69, 9.17) is 5.73 Å². The van der Waals surface area contributed by atoms with E-state index in [1.54, 1.807) is 0 Å². The monoisotopic (exact) mass is 217 g/mol. The second kappa shape index (κ2) is 3.91. The largest absolute Gasteiger partial charge is 0.330 e. The van der Waals surface area contributed by atoms with Gasteiger partial charge in [0.05, 0.1) is 0 Å². The lowest BCUT2D eigenvalue weighted by Gasteiger charge is -2.21. The van der Waals surface area contributed by atoms with Crippen molar-refractivity contribution in [3.05, 3.63) is 30.1 Å². The molecule has 3 nitrogen and oxygen atoms in total. The van der Waals surface area contributed by atoms with Gasteiger partial charge in [-0.25, -0.2) is 4.98 Å². The summed E-state index contributed by atoms with van der Waals surface area (Å²) in [6.07, 6.45) is 4.94. The van der Waals surface area contributed by atoms with Gasteiger partial charge in [0.15, 0.2) is 0 Å². The van der Waals surface area contributed by atoms with Gasteiger partial charge in [-0.1, -0.05) is 0 Å². The number of rotatable bonds is 2. The maximum absolute atomic E-state index is 5.64. The van der Waals surface area contributed by atoms with Crippen LogP contribution in [0.4, 0.5) is 0 Å². The topological polar surface area (TPSA) is 43.8 Å². The van der Waals surface area contributed by atoms with E-state index in [-0.39, 0.29) is 5.54 Å². The molecule has 0 aliphatic rings. The van der Waals surface area contributed by atoms with Crippen LogP contribution in [0, 0.1) is 0 Å². The summed E-state index contributed by atoms with van der Waals surface area (Å²) in [4.78, 5) is 4.47. The minimum atomic E-state index is 0.0550. The van der Waals surface area contributed by atoms with E-state index in [2.05, 4.69) is 42.6 Å². The highest BCUT2D eigenvalue weighted by Crippen LogP contribution is 2.25. The van der Waals surface area contributed by atoms with Crippen LogP contribution in [0.3, 0.4) is 0 Å². The highest BCUT2D eigenvalue weighted by atomic mass is 15.1. The Morgan fingerprint density at radius 1 is 1.38 bits per heavy atom. The van der Waals surface area contributed by atoms with Crippen LogP contribution in [-0.2, 0) is 12.0 Å². The van der Waals surface area contributed by atoms with E-state index in [9.17, 15) is 0 Å². The second-order valence-corrected chi connectivity index (χ2v) is 5.11. The van der Waals surface area contributed by atoms with Gasteiger partial charge in [0.25, 0.3) is 0 Å². The Balaban J connectivity index is 2.67. The molecule has 2 aromatic heterocycles. The lowest BCUT2D eigenvalue weighted by Crippen LogP contribution is -2.21. The Morgan fingerprint density at radius 3 is 2.75 bits per heavy atom. The standard InChI is InChI=1S/C13H19N3/c1-13(2,3)16-9-10(6-7-14)11-5-4-8-15-12(11)16/h4-5,8-9H,6-7,14H2,1-3H3. The Labute approximate surface area is 96.3 Å². The van der Waals surface area contributed by atoms with Gasteiger partial charge in [0.1, 0.15) is 5.65 Å². The Morgan fingerprint density at radius 2 is 2.12 bits per heavy atom. The van der Waals surface area contributed by atoms with Gasteiger partial charge in [-0.2, -0.15) is 0 Å². The average Bonchev–Trinajstić information content (AvgIpc) is 2.58. The van der Waals surface area contributed by atoms with Crippen LogP contribution in [0.1, 0.15) is 26.3 Å². The van der Waals surface area contributed by atoms with E-state index in [0.717, 1.165) is 12.1 Å². The second-order valence-electron chi connectivity index (χ2n) is 5.11. The lowest BCUT2D eigenvalue weighted by molar-refractivity contribution is 0.408. The van der Waals surface area contributed by atoms with Crippen molar-refractivity contribution in [1.29, 1.82) is 0 Å². The molecule has 0 amide bonds. The van der Waals surface area contributed by atoms with Crippen LogP contribution in [0.5, 0.6) is 0 Å². The zero-order valence-corrected chi connectivity index (χ0v) is 10.2. The van der Waals surface area contributed by atoms with Crippen LogP contribution >= 0.6 is 0 Å². The number of fused-ring (bicyclic) bond motifs is 1. The lowest BCUT2D eigenvalue weighted by atomic mass is 10.1. The molecule has 0 radical (unpaired) electrons. The van der Waals surface area contributed by atoms with Crippen molar-refractivity contribution in [2.45, 2.75) is 32.7 Å². The third-order valence-electron chi connectivity index (χ3n) is 2.78. The van der Waals surface area contributed by atoms with Gasteiger partial charge in [0, 0.05) is 23.3 Å². The molecule has 86 valence electrons. The molecule has 3 heteroatoms. The van der Waals surface area contributed by atoms with Crippen LogP contribution in [-0.4, -0.2) is 16.1 Å². The summed E-state index contributed by atoms with van der Waals surface area (Å²) in [5.41, 5.74) is 8.04. The molecular weight excluding hydrogens is 198 g/mol. The van der Waals surface area contributed by atoms with Gasteiger partial charge in [-0.3, -0.25) is 0 Å². The van der Waals surface area contributed by atoms with Gasteiger partial charge in [0.2, 0.25) is 0 Å². The molecule has 0 saturated carbocycles. The summed E-state index contributed by atoms with van der Waals surface area (Å²) in [6, 6.07) is 4.10. The van der Waals surface area contributed by atoms with Crippen LogP contribution in [0.2, 0.25) is 0 Å². The van der Waals surface area contributed by atoms with E-state index < -0.39 is 0 Å². The third kappa shape index (κ3) is 1.83. The molecule has 0 aromatic carbocycles. The van der Waals surface area contributed by atoms with Crippen molar-refractivity contribution in [3.8, 4) is 0 Å². The number of aromatic nitrogens is 2. The number of nitrogens with two attached hydrogens (primary N) is 1. The van der Waals surface area contributed by atoms with E-state index >= 15 is 0 Å². The molecule has 0 aliphatic heterocycles. The number of nitrogens with zero attached hydrogens (tertiary/aromatic N) is 2. The van der Waals surface area contributed by atoms with Crippen LogP contribution in [0.15, 0.2) is 24.5 Å². The molecule has 2 heterocycles. The van der Waals surface area contributed by atoms with Gasteiger partial charge < -0.3 is 10.3 Å². The van der Waals surface area contributed by atoms with Crippen LogP contribution < -0.4 is 5.73 Å². The van der Waals surface area contributed by atoms with E-state index in [1.807, 2.05) is 12.3 Å². The summed E-state index contributed by atoms with van der Waals surface area (Å²) >= 11 is 0. The van der Waals surface area contributed by atoms with Gasteiger partial charge in [-0.05, 0) is 51.4 Å². The number of hydrogen-bond donors (Lipinski definition) is 1. The normalized spacial score (nSPS) is 12.2. The summed E-state index contributed by atoms with van der Waals surface area (Å²) < 4.78 is 2.23. The molecule has 16 heavy (non-hydrogen) atoms. The van der Waals surface area contributed by atoms with Crippen molar-refractivity contribution in [2.75, 3.05) is 6.54 Å². The van der Waals surface area contributed by atoms with E-state index in [0.29, 0.717) is 6.54 Å². The Kier molecular flexibility index (Phi) is 2.72. The number of hydrogen-bond acceptors (Lipinski definition) is 2. The van der Waals surface area contributed by atoms with E-state index in [1.165, 1.54) is 10.9 Å². The first-order valence-corrected chi connectivity index (χ1v) is 5.69. The summed E-state index contributed by atoms with van der Waals surface area (Å²) in [7, 11) is 0. The smallest absolute Gasteiger partial charge is 0.140 e. The van der Waals surface area contributed by atoms with Crippen molar-refractivity contribution < 1.29 is 0 Å². The van der Waals surface area contributed by atoms with Crippen molar-refractivity contribution >= 4 is 11.0 Å². The molecule has 0 spiro atoms. The molecule has 0 bridgehead atoms. The van der Waals surface area contributed by atoms with Crippen molar-refractivity contribution in [3.63, 3.8) is 0 Å². The molecular formula is C13H19N3. The molecule has 0 unspecified atom stereocenters. The minimum absolute atomic E-state index is 0.0550. The summed E-state index contributed by atoms with van der Waals surface area (Å²) in [6.45, 7) is 7.24. The quantitative estimate of drug-likeness (QED) is 0.838. The predicted octanol–water partition coefficient (Wildman–Crippen LogP) is 2.29. The van der Waals surface area contributed by atoms with Gasteiger partial charge in [-0.15, -0.1) is 0 Å². The fourth-order valence-corrected chi connectivity index (χ4v) is 1.99. The first-order valence-electron chi connectivity index (χ1n) is 5.69. The maximum atomic E-state index is 5.64. The first-order chi connectivity index (χ1) is 7.54.